The van der Waals surface area contributed by atoms with Crippen LogP contribution in [0.25, 0.3) is 11.3 Å². The van der Waals surface area contributed by atoms with Crippen molar-refractivity contribution in [2.45, 2.75) is 25.2 Å². The van der Waals surface area contributed by atoms with Crippen molar-refractivity contribution in [3.8, 4) is 22.8 Å². The van der Waals surface area contributed by atoms with E-state index in [0.29, 0.717) is 19.6 Å². The van der Waals surface area contributed by atoms with Crippen LogP contribution in [0, 0.1) is 0 Å². The summed E-state index contributed by atoms with van der Waals surface area (Å²) in [5.74, 6) is 1.84. The van der Waals surface area contributed by atoms with Gasteiger partial charge in [-0.2, -0.15) is 0 Å². The van der Waals surface area contributed by atoms with Crippen molar-refractivity contribution in [2.75, 3.05) is 26.8 Å². The van der Waals surface area contributed by atoms with Crippen LogP contribution < -0.4 is 9.47 Å². The summed E-state index contributed by atoms with van der Waals surface area (Å²) in [7, 11) is 1.66. The topological polar surface area (TPSA) is 64.6 Å². The number of ether oxygens (including phenoxy) is 2. The first-order valence-electron chi connectivity index (χ1n) is 10.7. The van der Waals surface area contributed by atoms with Crippen molar-refractivity contribution in [3.63, 3.8) is 0 Å². The second-order valence-corrected chi connectivity index (χ2v) is 7.61. The van der Waals surface area contributed by atoms with Crippen LogP contribution in [-0.4, -0.2) is 47.6 Å². The molecule has 1 atom stereocenters. The molecule has 2 aromatic carbocycles. The zero-order valence-corrected chi connectivity index (χ0v) is 17.7. The Balaban J connectivity index is 1.43. The van der Waals surface area contributed by atoms with E-state index in [9.17, 15) is 4.79 Å². The number of aromatic nitrogens is 2. The normalized spacial score (nSPS) is 16.0. The summed E-state index contributed by atoms with van der Waals surface area (Å²) in [5, 5.41) is 0. The lowest BCUT2D eigenvalue weighted by atomic mass is 9.91. The summed E-state index contributed by atoms with van der Waals surface area (Å²) >= 11 is 0. The Morgan fingerprint density at radius 3 is 2.71 bits per heavy atom. The number of hydrogen-bond donors (Lipinski definition) is 0. The van der Waals surface area contributed by atoms with Crippen LogP contribution in [0.2, 0.25) is 0 Å². The van der Waals surface area contributed by atoms with Crippen molar-refractivity contribution in [1.82, 2.24) is 14.9 Å². The van der Waals surface area contributed by atoms with Gasteiger partial charge in [-0.3, -0.25) is 14.8 Å². The Morgan fingerprint density at radius 2 is 1.87 bits per heavy atom. The molecule has 6 nitrogen and oxygen atoms in total. The molecule has 2 heterocycles. The van der Waals surface area contributed by atoms with Crippen LogP contribution >= 0.6 is 0 Å². The van der Waals surface area contributed by atoms with Crippen LogP contribution in [0.1, 0.15) is 30.9 Å². The van der Waals surface area contributed by atoms with Crippen LogP contribution in [-0.2, 0) is 4.79 Å². The number of methoxy groups -OCH3 is 1. The summed E-state index contributed by atoms with van der Waals surface area (Å²) in [6.45, 7) is 1.81. The largest absolute Gasteiger partial charge is 0.497 e. The molecule has 0 saturated carbocycles. The maximum atomic E-state index is 12.8. The molecule has 3 aromatic rings. The Morgan fingerprint density at radius 1 is 1.06 bits per heavy atom. The number of para-hydroxylation sites is 1. The number of nitrogens with zero attached hydrogens (tertiary/aromatic N) is 3. The molecule has 0 N–H and O–H groups in total. The fourth-order valence-electron chi connectivity index (χ4n) is 4.00. The average Bonchev–Trinajstić information content (AvgIpc) is 2.85. The molecule has 1 amide bonds. The van der Waals surface area contributed by atoms with Crippen molar-refractivity contribution < 1.29 is 14.3 Å². The van der Waals surface area contributed by atoms with Gasteiger partial charge in [0.25, 0.3) is 0 Å². The molecule has 0 radical (unpaired) electrons. The maximum Gasteiger partial charge on any atom is 0.226 e. The third-order valence-electron chi connectivity index (χ3n) is 5.56. The van der Waals surface area contributed by atoms with Crippen LogP contribution in [0.4, 0.5) is 0 Å². The molecule has 1 aliphatic heterocycles. The van der Waals surface area contributed by atoms with Gasteiger partial charge in [-0.1, -0.05) is 30.3 Å². The Bertz CT molecular complexity index is 1010. The summed E-state index contributed by atoms with van der Waals surface area (Å²) in [5.41, 5.74) is 2.77. The van der Waals surface area contributed by atoms with Gasteiger partial charge in [0.15, 0.2) is 0 Å². The third kappa shape index (κ3) is 5.20. The number of carbonyl (C=O) groups excluding carboxylic acids is 1. The fourth-order valence-corrected chi connectivity index (χ4v) is 4.00. The first-order chi connectivity index (χ1) is 15.2. The van der Waals surface area contributed by atoms with E-state index in [1.54, 1.807) is 19.5 Å². The zero-order chi connectivity index (χ0) is 21.5. The highest BCUT2D eigenvalue weighted by Crippen LogP contribution is 2.33. The Kier molecular flexibility index (Phi) is 6.77. The highest BCUT2D eigenvalue weighted by molar-refractivity contribution is 5.76. The molecule has 0 spiro atoms. The van der Waals surface area contributed by atoms with Crippen molar-refractivity contribution >= 4 is 5.91 Å². The predicted octanol–water partition coefficient (Wildman–Crippen LogP) is 4.33. The molecule has 160 valence electrons. The summed E-state index contributed by atoms with van der Waals surface area (Å²) in [6.07, 6.45) is 5.74. The zero-order valence-electron chi connectivity index (χ0n) is 17.7. The van der Waals surface area contributed by atoms with E-state index in [4.69, 9.17) is 9.47 Å². The first-order valence-corrected chi connectivity index (χ1v) is 10.7. The molecule has 0 aliphatic carbocycles. The molecule has 6 heteroatoms. The van der Waals surface area contributed by atoms with E-state index >= 15 is 0 Å². The standard InChI is InChI=1S/C25H27N3O3/c1-30-22-11-5-7-19(17-22)24-25(27-14-13-26-24)20-8-6-15-28(18-20)23(29)12-16-31-21-9-3-2-4-10-21/h2-5,7,9-11,13-14,17,20H,6,8,12,15-16,18H2,1H3/t20-/m0/s1. The van der Waals surface area contributed by atoms with Gasteiger partial charge < -0.3 is 14.4 Å². The van der Waals surface area contributed by atoms with Gasteiger partial charge in [0.1, 0.15) is 11.5 Å². The van der Waals surface area contributed by atoms with E-state index in [0.717, 1.165) is 47.8 Å². The maximum absolute atomic E-state index is 12.8. The quantitative estimate of drug-likeness (QED) is 0.573. The molecule has 4 rings (SSSR count). The lowest BCUT2D eigenvalue weighted by Gasteiger charge is -2.33. The first kappa shape index (κ1) is 20.8. The second-order valence-electron chi connectivity index (χ2n) is 7.61. The molecule has 1 saturated heterocycles. The molecule has 1 fully saturated rings. The molecular weight excluding hydrogens is 390 g/mol. The lowest BCUT2D eigenvalue weighted by Crippen LogP contribution is -2.40. The lowest BCUT2D eigenvalue weighted by molar-refractivity contribution is -0.132. The van der Waals surface area contributed by atoms with Gasteiger partial charge in [-0.15, -0.1) is 0 Å². The Labute approximate surface area is 182 Å². The van der Waals surface area contributed by atoms with Gasteiger partial charge in [-0.25, -0.2) is 0 Å². The minimum absolute atomic E-state index is 0.118. The second kappa shape index (κ2) is 10.1. The number of benzene rings is 2. The third-order valence-corrected chi connectivity index (χ3v) is 5.56. The van der Waals surface area contributed by atoms with E-state index in [-0.39, 0.29) is 11.8 Å². The molecule has 0 unspecified atom stereocenters. The predicted molar refractivity (Wildman–Crippen MR) is 119 cm³/mol. The van der Waals surface area contributed by atoms with Crippen molar-refractivity contribution in [3.05, 3.63) is 72.7 Å². The number of hydrogen-bond acceptors (Lipinski definition) is 5. The molecular formula is C25H27N3O3. The highest BCUT2D eigenvalue weighted by atomic mass is 16.5. The van der Waals surface area contributed by atoms with Crippen LogP contribution in [0.5, 0.6) is 11.5 Å². The Hall–Kier alpha value is -3.41. The minimum atomic E-state index is 0.118. The van der Waals surface area contributed by atoms with Gasteiger partial charge in [-0.05, 0) is 37.1 Å². The molecule has 1 aliphatic rings. The smallest absolute Gasteiger partial charge is 0.226 e. The minimum Gasteiger partial charge on any atom is -0.497 e. The highest BCUT2D eigenvalue weighted by Gasteiger charge is 2.28. The average molecular weight is 418 g/mol. The van der Waals surface area contributed by atoms with Crippen LogP contribution in [0.15, 0.2) is 67.0 Å². The fraction of sp³-hybridized carbons (Fsp3) is 0.320. The van der Waals surface area contributed by atoms with E-state index in [1.807, 2.05) is 59.5 Å². The van der Waals surface area contributed by atoms with Crippen molar-refractivity contribution in [2.24, 2.45) is 0 Å². The number of rotatable bonds is 7. The number of likely N-dealkylation sites (tertiary alicyclic amines) is 1. The SMILES string of the molecule is COc1cccc(-c2nccnc2[C@H]2CCCN(C(=O)CCOc3ccccc3)C2)c1. The summed E-state index contributed by atoms with van der Waals surface area (Å²) in [6, 6.07) is 17.4. The summed E-state index contributed by atoms with van der Waals surface area (Å²) < 4.78 is 11.1. The van der Waals surface area contributed by atoms with Gasteiger partial charge >= 0.3 is 0 Å². The number of carbonyl (C=O) groups is 1. The van der Waals surface area contributed by atoms with E-state index < -0.39 is 0 Å². The van der Waals surface area contributed by atoms with Gasteiger partial charge in [0, 0.05) is 37.0 Å². The number of amides is 1. The summed E-state index contributed by atoms with van der Waals surface area (Å²) in [4.78, 5) is 24.0. The van der Waals surface area contributed by atoms with E-state index in [2.05, 4.69) is 9.97 Å². The van der Waals surface area contributed by atoms with Crippen molar-refractivity contribution in [1.29, 1.82) is 0 Å². The van der Waals surface area contributed by atoms with Gasteiger partial charge in [0.05, 0.1) is 31.5 Å². The molecule has 0 bridgehead atoms. The van der Waals surface area contributed by atoms with E-state index in [1.165, 1.54) is 0 Å². The molecule has 1 aromatic heterocycles. The van der Waals surface area contributed by atoms with Gasteiger partial charge in [0.2, 0.25) is 5.91 Å². The van der Waals surface area contributed by atoms with Crippen LogP contribution in [0.3, 0.4) is 0 Å². The molecule has 31 heavy (non-hydrogen) atoms. The monoisotopic (exact) mass is 417 g/mol. The number of piperidine rings is 1.